The van der Waals surface area contributed by atoms with E-state index in [2.05, 4.69) is 27.4 Å². The maximum absolute atomic E-state index is 13.1. The van der Waals surface area contributed by atoms with Crippen molar-refractivity contribution in [1.82, 2.24) is 14.8 Å². The third-order valence-electron chi connectivity index (χ3n) is 5.82. The Balaban J connectivity index is 0.000000301. The van der Waals surface area contributed by atoms with Crippen molar-refractivity contribution in [1.29, 1.82) is 0 Å². The molecular formula is C23H25F6N3O5S. The number of alkyl halides is 6. The zero-order chi connectivity index (χ0) is 28.6. The van der Waals surface area contributed by atoms with Crippen molar-refractivity contribution in [3.05, 3.63) is 52.5 Å². The molecule has 1 spiro atoms. The van der Waals surface area contributed by atoms with E-state index in [0.29, 0.717) is 12.5 Å². The Hall–Kier alpha value is -3.20. The van der Waals surface area contributed by atoms with Gasteiger partial charge < -0.3 is 15.1 Å². The van der Waals surface area contributed by atoms with Crippen LogP contribution in [0.15, 0.2) is 42.0 Å². The lowest BCUT2D eigenvalue weighted by atomic mass is 9.78. The molecule has 4 rings (SSSR count). The normalized spacial score (nSPS) is 19.8. The number of amides is 1. The van der Waals surface area contributed by atoms with Crippen LogP contribution in [0, 0.1) is 5.41 Å². The molecule has 2 aromatic heterocycles. The number of halogens is 6. The molecule has 0 saturated carbocycles. The van der Waals surface area contributed by atoms with Gasteiger partial charge in [0.1, 0.15) is 0 Å². The van der Waals surface area contributed by atoms with Gasteiger partial charge in [0.15, 0.2) is 0 Å². The largest absolute Gasteiger partial charge is 0.490 e. The number of carbonyl (C=O) groups excluding carboxylic acids is 1. The second-order valence-electron chi connectivity index (χ2n) is 8.61. The smallest absolute Gasteiger partial charge is 0.475 e. The Morgan fingerprint density at radius 3 is 2.03 bits per heavy atom. The van der Waals surface area contributed by atoms with E-state index >= 15 is 0 Å². The van der Waals surface area contributed by atoms with Crippen molar-refractivity contribution in [3.8, 4) is 0 Å². The SMILES string of the molecule is O=C(O)C(F)(F)F.O=C(O)C(F)(F)F.O=C1N(Cc2ccncc2)CCC12CCCN(Cc1cccs1)C2. The summed E-state index contributed by atoms with van der Waals surface area (Å²) in [6.45, 7) is 4.60. The lowest BCUT2D eigenvalue weighted by Crippen LogP contribution is -2.47. The summed E-state index contributed by atoms with van der Waals surface area (Å²) in [4.78, 5) is 40.9. The molecule has 1 unspecified atom stereocenters. The fourth-order valence-electron chi connectivity index (χ4n) is 4.12. The minimum Gasteiger partial charge on any atom is -0.475 e. The molecule has 0 aliphatic carbocycles. The van der Waals surface area contributed by atoms with Gasteiger partial charge in [-0.2, -0.15) is 26.3 Å². The number of hydrogen-bond acceptors (Lipinski definition) is 6. The summed E-state index contributed by atoms with van der Waals surface area (Å²) in [7, 11) is 0. The Morgan fingerprint density at radius 2 is 1.53 bits per heavy atom. The van der Waals surface area contributed by atoms with Gasteiger partial charge in [0.25, 0.3) is 0 Å². The van der Waals surface area contributed by atoms with Crippen LogP contribution in [0.1, 0.15) is 29.7 Å². The van der Waals surface area contributed by atoms with Crippen LogP contribution in [0.3, 0.4) is 0 Å². The Labute approximate surface area is 217 Å². The topological polar surface area (TPSA) is 111 Å². The first-order valence-corrected chi connectivity index (χ1v) is 12.1. The predicted molar refractivity (Wildman–Crippen MR) is 123 cm³/mol. The monoisotopic (exact) mass is 569 g/mol. The number of aromatic nitrogens is 1. The number of carboxylic acids is 2. The van der Waals surface area contributed by atoms with Gasteiger partial charge in [0.2, 0.25) is 5.91 Å². The molecule has 2 N–H and O–H groups in total. The Kier molecular flexibility index (Phi) is 10.6. The molecule has 1 amide bonds. The van der Waals surface area contributed by atoms with Gasteiger partial charge in [-0.05, 0) is 54.9 Å². The number of pyridine rings is 1. The van der Waals surface area contributed by atoms with Crippen molar-refractivity contribution in [3.63, 3.8) is 0 Å². The molecule has 0 radical (unpaired) electrons. The number of rotatable bonds is 4. The number of thiophene rings is 1. The highest BCUT2D eigenvalue weighted by Gasteiger charge is 2.48. The molecule has 0 aromatic carbocycles. The molecule has 2 saturated heterocycles. The number of nitrogens with zero attached hydrogens (tertiary/aromatic N) is 3. The molecular weight excluding hydrogens is 544 g/mol. The summed E-state index contributed by atoms with van der Waals surface area (Å²) in [5.74, 6) is -5.16. The lowest BCUT2D eigenvalue weighted by molar-refractivity contribution is -0.193. The lowest BCUT2D eigenvalue weighted by Gasteiger charge is -2.39. The maximum atomic E-state index is 13.1. The highest BCUT2D eigenvalue weighted by atomic mass is 32.1. The van der Waals surface area contributed by atoms with Crippen LogP contribution in [0.25, 0.3) is 0 Å². The predicted octanol–water partition coefficient (Wildman–Crippen LogP) is 4.42. The van der Waals surface area contributed by atoms with Crippen molar-refractivity contribution in [2.45, 2.75) is 44.7 Å². The number of piperidine rings is 1. The fourth-order valence-corrected chi connectivity index (χ4v) is 4.86. The van der Waals surface area contributed by atoms with Crippen LogP contribution >= 0.6 is 11.3 Å². The van der Waals surface area contributed by atoms with Crippen molar-refractivity contribution in [2.75, 3.05) is 19.6 Å². The standard InChI is InChI=1S/C19H23N3OS.2C2HF3O2/c23-18-19(7-11-22(18)13-16-4-8-20-9-5-16)6-2-10-21(15-19)14-17-3-1-12-24-17;2*3-2(4,5)1(6)7/h1,3-5,8-9,12H,2,6-7,10-11,13-15H2;2*(H,6,7). The van der Waals surface area contributed by atoms with Crippen molar-refractivity contribution in [2.24, 2.45) is 5.41 Å². The number of carboxylic acid groups (broad SMARTS) is 2. The van der Waals surface area contributed by atoms with E-state index in [4.69, 9.17) is 19.8 Å². The number of likely N-dealkylation sites (tertiary alicyclic amines) is 2. The van der Waals surface area contributed by atoms with Gasteiger partial charge in [-0.1, -0.05) is 6.07 Å². The third kappa shape index (κ3) is 9.28. The number of carbonyl (C=O) groups is 3. The van der Waals surface area contributed by atoms with Gasteiger partial charge in [0, 0.05) is 43.4 Å². The van der Waals surface area contributed by atoms with E-state index in [0.717, 1.165) is 45.4 Å². The molecule has 2 fully saturated rings. The highest BCUT2D eigenvalue weighted by Crippen LogP contribution is 2.41. The van der Waals surface area contributed by atoms with Gasteiger partial charge in [0.05, 0.1) is 5.41 Å². The quantitative estimate of drug-likeness (QED) is 0.525. The molecule has 2 aromatic rings. The van der Waals surface area contributed by atoms with Crippen molar-refractivity contribution < 1.29 is 50.9 Å². The second-order valence-corrected chi connectivity index (χ2v) is 9.64. The second kappa shape index (κ2) is 13.0. The first-order valence-electron chi connectivity index (χ1n) is 11.2. The molecule has 2 aliphatic heterocycles. The Morgan fingerprint density at radius 1 is 0.947 bits per heavy atom. The summed E-state index contributed by atoms with van der Waals surface area (Å²) in [6.07, 6.45) is -3.40. The summed E-state index contributed by atoms with van der Waals surface area (Å²) in [5, 5.41) is 16.4. The van der Waals surface area contributed by atoms with Crippen LogP contribution in [0.5, 0.6) is 0 Å². The first kappa shape index (κ1) is 31.0. The maximum Gasteiger partial charge on any atom is 0.490 e. The molecule has 4 heterocycles. The molecule has 0 bridgehead atoms. The van der Waals surface area contributed by atoms with E-state index in [1.807, 2.05) is 28.4 Å². The number of hydrogen-bond donors (Lipinski definition) is 2. The van der Waals surface area contributed by atoms with Crippen LogP contribution < -0.4 is 0 Å². The summed E-state index contributed by atoms with van der Waals surface area (Å²) >= 11 is 1.81. The Bertz CT molecular complexity index is 1040. The molecule has 2 aliphatic rings. The van der Waals surface area contributed by atoms with E-state index < -0.39 is 24.3 Å². The van der Waals surface area contributed by atoms with Crippen LogP contribution in [-0.4, -0.2) is 74.8 Å². The number of aliphatic carboxylic acids is 2. The zero-order valence-electron chi connectivity index (χ0n) is 19.8. The zero-order valence-corrected chi connectivity index (χ0v) is 20.7. The van der Waals surface area contributed by atoms with Gasteiger partial charge in [-0.15, -0.1) is 11.3 Å². The minimum atomic E-state index is -5.08. The molecule has 38 heavy (non-hydrogen) atoms. The fraction of sp³-hybridized carbons (Fsp3) is 0.478. The van der Waals surface area contributed by atoms with Crippen LogP contribution in [0.4, 0.5) is 26.3 Å². The van der Waals surface area contributed by atoms with Crippen LogP contribution in [-0.2, 0) is 27.5 Å². The summed E-state index contributed by atoms with van der Waals surface area (Å²) < 4.78 is 63.5. The van der Waals surface area contributed by atoms with Gasteiger partial charge >= 0.3 is 24.3 Å². The van der Waals surface area contributed by atoms with E-state index in [1.54, 1.807) is 12.4 Å². The summed E-state index contributed by atoms with van der Waals surface area (Å²) in [5.41, 5.74) is 1.02. The van der Waals surface area contributed by atoms with Gasteiger partial charge in [-0.3, -0.25) is 14.7 Å². The van der Waals surface area contributed by atoms with E-state index in [-0.39, 0.29) is 5.41 Å². The highest BCUT2D eigenvalue weighted by molar-refractivity contribution is 7.09. The molecule has 8 nitrogen and oxygen atoms in total. The average Bonchev–Trinajstić information content (AvgIpc) is 3.44. The van der Waals surface area contributed by atoms with Crippen LogP contribution in [0.2, 0.25) is 0 Å². The van der Waals surface area contributed by atoms with Gasteiger partial charge in [-0.25, -0.2) is 9.59 Å². The minimum absolute atomic E-state index is 0.150. The third-order valence-corrected chi connectivity index (χ3v) is 6.69. The molecule has 15 heteroatoms. The summed E-state index contributed by atoms with van der Waals surface area (Å²) in [6, 6.07) is 8.31. The average molecular weight is 570 g/mol. The van der Waals surface area contributed by atoms with E-state index in [1.165, 1.54) is 10.4 Å². The molecule has 1 atom stereocenters. The first-order chi connectivity index (χ1) is 17.6. The van der Waals surface area contributed by atoms with Crippen molar-refractivity contribution >= 4 is 29.2 Å². The van der Waals surface area contributed by atoms with E-state index in [9.17, 15) is 31.1 Å². The molecule has 210 valence electrons.